The number of carbonyl (C=O) groups excluding carboxylic acids is 2. The fourth-order valence-corrected chi connectivity index (χ4v) is 1.77. The van der Waals surface area contributed by atoms with Gasteiger partial charge in [0.15, 0.2) is 0 Å². The Morgan fingerprint density at radius 2 is 1.75 bits per heavy atom. The predicted octanol–water partition coefficient (Wildman–Crippen LogP) is 2.60. The van der Waals surface area contributed by atoms with Gasteiger partial charge in [0.2, 0.25) is 5.91 Å². The summed E-state index contributed by atoms with van der Waals surface area (Å²) in [6.45, 7) is 3.26. The number of nitrogens with zero attached hydrogens (tertiary/aromatic N) is 1. The molecule has 0 aliphatic heterocycles. The number of aryl methyl sites for hydroxylation is 1. The molecule has 0 bridgehead atoms. The van der Waals surface area contributed by atoms with Crippen LogP contribution in [-0.4, -0.2) is 16.8 Å². The predicted molar refractivity (Wildman–Crippen MR) is 77.7 cm³/mol. The molecular formula is C15H15N3O2. The number of hydrogen-bond donors (Lipinski definition) is 2. The molecule has 0 fully saturated rings. The Hall–Kier alpha value is -2.69. The molecule has 0 atom stereocenters. The van der Waals surface area contributed by atoms with E-state index in [4.69, 9.17) is 0 Å². The van der Waals surface area contributed by atoms with Crippen LogP contribution >= 0.6 is 0 Å². The Balaban J connectivity index is 2.13. The van der Waals surface area contributed by atoms with Crippen LogP contribution in [0.4, 0.5) is 11.4 Å². The van der Waals surface area contributed by atoms with Gasteiger partial charge in [-0.1, -0.05) is 6.07 Å². The first kappa shape index (κ1) is 13.7. The zero-order valence-electron chi connectivity index (χ0n) is 11.3. The highest BCUT2D eigenvalue weighted by Crippen LogP contribution is 2.16. The van der Waals surface area contributed by atoms with E-state index in [9.17, 15) is 9.59 Å². The van der Waals surface area contributed by atoms with Gasteiger partial charge in [-0.15, -0.1) is 0 Å². The van der Waals surface area contributed by atoms with Gasteiger partial charge in [-0.05, 0) is 37.3 Å². The third-order valence-corrected chi connectivity index (χ3v) is 2.60. The molecule has 5 nitrogen and oxygen atoms in total. The van der Waals surface area contributed by atoms with Crippen LogP contribution in [0, 0.1) is 6.92 Å². The van der Waals surface area contributed by atoms with E-state index in [1.807, 2.05) is 6.92 Å². The van der Waals surface area contributed by atoms with E-state index in [1.165, 1.54) is 6.92 Å². The highest BCUT2D eigenvalue weighted by atomic mass is 16.2. The van der Waals surface area contributed by atoms with Crippen LogP contribution in [0.15, 0.2) is 42.6 Å². The first-order valence-corrected chi connectivity index (χ1v) is 6.16. The molecule has 0 unspecified atom stereocenters. The van der Waals surface area contributed by atoms with Crippen LogP contribution in [0.25, 0.3) is 0 Å². The molecule has 2 N–H and O–H groups in total. The van der Waals surface area contributed by atoms with Gasteiger partial charge in [0.25, 0.3) is 5.91 Å². The Morgan fingerprint density at radius 3 is 2.40 bits per heavy atom. The smallest absolute Gasteiger partial charge is 0.255 e. The van der Waals surface area contributed by atoms with Crippen molar-refractivity contribution in [1.82, 2.24) is 4.98 Å². The maximum Gasteiger partial charge on any atom is 0.255 e. The van der Waals surface area contributed by atoms with E-state index in [0.717, 1.165) is 5.69 Å². The molecule has 5 heteroatoms. The largest absolute Gasteiger partial charge is 0.326 e. The average Bonchev–Trinajstić information content (AvgIpc) is 2.38. The van der Waals surface area contributed by atoms with E-state index in [-0.39, 0.29) is 11.8 Å². The van der Waals surface area contributed by atoms with Crippen LogP contribution in [0.2, 0.25) is 0 Å². The molecule has 20 heavy (non-hydrogen) atoms. The second-order valence-corrected chi connectivity index (χ2v) is 4.40. The van der Waals surface area contributed by atoms with Crippen LogP contribution in [0.5, 0.6) is 0 Å². The molecule has 0 saturated heterocycles. The minimum absolute atomic E-state index is 0.154. The molecule has 0 radical (unpaired) electrons. The molecule has 2 aromatic rings. The van der Waals surface area contributed by atoms with Crippen molar-refractivity contribution in [2.45, 2.75) is 13.8 Å². The highest BCUT2D eigenvalue weighted by Gasteiger charge is 2.07. The minimum atomic E-state index is -0.213. The third kappa shape index (κ3) is 3.65. The summed E-state index contributed by atoms with van der Waals surface area (Å²) in [5, 5.41) is 5.45. The highest BCUT2D eigenvalue weighted by molar-refractivity contribution is 6.04. The number of rotatable bonds is 3. The van der Waals surface area contributed by atoms with Crippen molar-refractivity contribution in [3.63, 3.8) is 0 Å². The van der Waals surface area contributed by atoms with Gasteiger partial charge >= 0.3 is 0 Å². The Morgan fingerprint density at radius 1 is 1.05 bits per heavy atom. The van der Waals surface area contributed by atoms with Crippen molar-refractivity contribution in [3.05, 3.63) is 53.9 Å². The molecule has 1 aromatic carbocycles. The summed E-state index contributed by atoms with van der Waals surface area (Å²) in [4.78, 5) is 27.1. The summed E-state index contributed by atoms with van der Waals surface area (Å²) in [5.41, 5.74) is 2.59. The fraction of sp³-hybridized carbons (Fsp3) is 0.133. The average molecular weight is 269 g/mol. The van der Waals surface area contributed by atoms with Crippen LogP contribution in [0.1, 0.15) is 23.0 Å². The quantitative estimate of drug-likeness (QED) is 0.899. The summed E-state index contributed by atoms with van der Waals surface area (Å²) in [5.74, 6) is -0.367. The van der Waals surface area contributed by atoms with Crippen molar-refractivity contribution < 1.29 is 9.59 Å². The number of amides is 2. The van der Waals surface area contributed by atoms with Crippen LogP contribution in [0.3, 0.4) is 0 Å². The molecule has 2 rings (SSSR count). The third-order valence-electron chi connectivity index (χ3n) is 2.60. The van der Waals surface area contributed by atoms with Gasteiger partial charge in [-0.25, -0.2) is 0 Å². The standard InChI is InChI=1S/C15H15N3O2/c1-10-8-12(6-7-16-10)15(20)18-14-5-3-4-13(9-14)17-11(2)19/h3-9H,1-2H3,(H,17,19)(H,18,20). The number of aromatic nitrogens is 1. The van der Waals surface area contributed by atoms with Crippen molar-refractivity contribution >= 4 is 23.2 Å². The molecule has 102 valence electrons. The first-order valence-electron chi connectivity index (χ1n) is 6.16. The van der Waals surface area contributed by atoms with Gasteiger partial charge in [0.1, 0.15) is 0 Å². The van der Waals surface area contributed by atoms with Crippen molar-refractivity contribution in [1.29, 1.82) is 0 Å². The van der Waals surface area contributed by atoms with Gasteiger partial charge in [-0.3, -0.25) is 14.6 Å². The van der Waals surface area contributed by atoms with E-state index in [0.29, 0.717) is 16.9 Å². The maximum atomic E-state index is 12.1. The fourth-order valence-electron chi connectivity index (χ4n) is 1.77. The molecule has 0 spiro atoms. The van der Waals surface area contributed by atoms with Crippen molar-refractivity contribution in [2.24, 2.45) is 0 Å². The zero-order valence-corrected chi connectivity index (χ0v) is 11.3. The Labute approximate surface area is 117 Å². The normalized spacial score (nSPS) is 9.90. The molecule has 1 heterocycles. The molecular weight excluding hydrogens is 254 g/mol. The van der Waals surface area contributed by atoms with Crippen LogP contribution < -0.4 is 10.6 Å². The van der Waals surface area contributed by atoms with Crippen molar-refractivity contribution in [3.8, 4) is 0 Å². The first-order chi connectivity index (χ1) is 9.54. The summed E-state index contributed by atoms with van der Waals surface area (Å²) >= 11 is 0. The number of anilines is 2. The molecule has 0 aliphatic rings. The Bertz CT molecular complexity index is 653. The van der Waals surface area contributed by atoms with Gasteiger partial charge < -0.3 is 10.6 Å². The summed E-state index contributed by atoms with van der Waals surface area (Å²) in [6, 6.07) is 10.4. The van der Waals surface area contributed by atoms with E-state index < -0.39 is 0 Å². The minimum Gasteiger partial charge on any atom is -0.326 e. The van der Waals surface area contributed by atoms with Gasteiger partial charge in [0.05, 0.1) is 0 Å². The molecule has 0 aliphatic carbocycles. The molecule has 1 aromatic heterocycles. The number of carbonyl (C=O) groups is 2. The van der Waals surface area contributed by atoms with E-state index >= 15 is 0 Å². The lowest BCUT2D eigenvalue weighted by molar-refractivity contribution is -0.114. The van der Waals surface area contributed by atoms with E-state index in [2.05, 4.69) is 15.6 Å². The lowest BCUT2D eigenvalue weighted by Crippen LogP contribution is -2.13. The molecule has 2 amide bonds. The molecule has 0 saturated carbocycles. The van der Waals surface area contributed by atoms with Crippen LogP contribution in [-0.2, 0) is 4.79 Å². The summed E-state index contributed by atoms with van der Waals surface area (Å²) < 4.78 is 0. The SMILES string of the molecule is CC(=O)Nc1cccc(NC(=O)c2ccnc(C)c2)c1. The maximum absolute atomic E-state index is 12.1. The van der Waals surface area contributed by atoms with Gasteiger partial charge in [0, 0.05) is 35.8 Å². The second-order valence-electron chi connectivity index (χ2n) is 4.40. The lowest BCUT2D eigenvalue weighted by Gasteiger charge is -2.08. The number of pyridine rings is 1. The topological polar surface area (TPSA) is 71.1 Å². The monoisotopic (exact) mass is 269 g/mol. The lowest BCUT2D eigenvalue weighted by atomic mass is 10.2. The second kappa shape index (κ2) is 5.97. The summed E-state index contributed by atoms with van der Waals surface area (Å²) in [6.07, 6.45) is 1.60. The van der Waals surface area contributed by atoms with Crippen molar-refractivity contribution in [2.75, 3.05) is 10.6 Å². The number of nitrogens with one attached hydrogen (secondary N) is 2. The Kier molecular flexibility index (Phi) is 4.10. The van der Waals surface area contributed by atoms with E-state index in [1.54, 1.807) is 42.6 Å². The summed E-state index contributed by atoms with van der Waals surface area (Å²) in [7, 11) is 0. The van der Waals surface area contributed by atoms with Gasteiger partial charge in [-0.2, -0.15) is 0 Å². The zero-order chi connectivity index (χ0) is 14.5. The number of benzene rings is 1. The number of hydrogen-bond acceptors (Lipinski definition) is 3.